The summed E-state index contributed by atoms with van der Waals surface area (Å²) >= 11 is 0. The molecule has 0 spiro atoms. The van der Waals surface area contributed by atoms with Gasteiger partial charge in [0.25, 0.3) is 0 Å². The van der Waals surface area contributed by atoms with E-state index in [1.165, 1.54) is 18.3 Å². The molecule has 1 aromatic carbocycles. The van der Waals surface area contributed by atoms with Gasteiger partial charge in [0.1, 0.15) is 5.82 Å². The Hall–Kier alpha value is -1.82. The van der Waals surface area contributed by atoms with Gasteiger partial charge in [0.2, 0.25) is 0 Å². The SMILES string of the molecule is CC(N)c1cnc(-c2ccccc2C(F)(F)F)n1C. The van der Waals surface area contributed by atoms with Crippen LogP contribution in [0.15, 0.2) is 30.5 Å². The number of hydrogen-bond donors (Lipinski definition) is 1. The van der Waals surface area contributed by atoms with Gasteiger partial charge in [-0.25, -0.2) is 4.98 Å². The summed E-state index contributed by atoms with van der Waals surface area (Å²) in [6, 6.07) is 5.10. The van der Waals surface area contributed by atoms with Gasteiger partial charge in [-0.05, 0) is 13.0 Å². The van der Waals surface area contributed by atoms with Crippen molar-refractivity contribution >= 4 is 0 Å². The maximum atomic E-state index is 13.0. The van der Waals surface area contributed by atoms with Crippen LogP contribution in [-0.2, 0) is 13.2 Å². The Labute approximate surface area is 108 Å². The van der Waals surface area contributed by atoms with E-state index in [0.29, 0.717) is 5.69 Å². The summed E-state index contributed by atoms with van der Waals surface area (Å²) in [7, 11) is 1.66. The first-order valence-corrected chi connectivity index (χ1v) is 5.76. The standard InChI is InChI=1S/C13H14F3N3/c1-8(17)11-7-18-12(19(11)2)9-5-3-4-6-10(9)13(14,15)16/h3-8H,17H2,1-2H3. The fourth-order valence-electron chi connectivity index (χ4n) is 2.02. The molecule has 2 aromatic rings. The van der Waals surface area contributed by atoms with E-state index in [4.69, 9.17) is 5.73 Å². The Kier molecular flexibility index (Phi) is 3.36. The zero-order chi connectivity index (χ0) is 14.2. The van der Waals surface area contributed by atoms with Gasteiger partial charge in [0.05, 0.1) is 17.5 Å². The molecule has 0 saturated carbocycles. The van der Waals surface area contributed by atoms with Crippen molar-refractivity contribution in [2.45, 2.75) is 19.1 Å². The third-order valence-electron chi connectivity index (χ3n) is 2.96. The maximum absolute atomic E-state index is 13.0. The Morgan fingerprint density at radius 2 is 1.89 bits per heavy atom. The van der Waals surface area contributed by atoms with Gasteiger partial charge in [-0.15, -0.1) is 0 Å². The number of rotatable bonds is 2. The number of aromatic nitrogens is 2. The molecule has 0 radical (unpaired) electrons. The second kappa shape index (κ2) is 4.70. The molecule has 3 nitrogen and oxygen atoms in total. The molecular formula is C13H14F3N3. The Morgan fingerprint density at radius 3 is 2.42 bits per heavy atom. The molecule has 1 aromatic heterocycles. The van der Waals surface area contributed by atoms with E-state index in [1.807, 2.05) is 0 Å². The molecule has 1 atom stereocenters. The lowest BCUT2D eigenvalue weighted by Crippen LogP contribution is -2.12. The molecule has 102 valence electrons. The molecule has 0 bridgehead atoms. The minimum absolute atomic E-state index is 0.0596. The Balaban J connectivity index is 2.60. The maximum Gasteiger partial charge on any atom is 0.417 e. The molecule has 0 aliphatic carbocycles. The minimum Gasteiger partial charge on any atom is -0.330 e. The molecule has 19 heavy (non-hydrogen) atoms. The van der Waals surface area contributed by atoms with Crippen LogP contribution in [0.1, 0.15) is 24.2 Å². The van der Waals surface area contributed by atoms with Crippen LogP contribution in [0.4, 0.5) is 13.2 Å². The average molecular weight is 269 g/mol. The third kappa shape index (κ3) is 2.49. The van der Waals surface area contributed by atoms with Gasteiger partial charge in [0.15, 0.2) is 0 Å². The zero-order valence-electron chi connectivity index (χ0n) is 10.6. The van der Waals surface area contributed by atoms with Crippen LogP contribution in [0, 0.1) is 0 Å². The summed E-state index contributed by atoms with van der Waals surface area (Å²) in [5.41, 5.74) is 5.80. The monoisotopic (exact) mass is 269 g/mol. The van der Waals surface area contributed by atoms with Crippen LogP contribution in [0.2, 0.25) is 0 Å². The van der Waals surface area contributed by atoms with Crippen molar-refractivity contribution in [2.24, 2.45) is 12.8 Å². The lowest BCUT2D eigenvalue weighted by atomic mass is 10.1. The number of nitrogens with two attached hydrogens (primary N) is 1. The van der Waals surface area contributed by atoms with Gasteiger partial charge in [-0.3, -0.25) is 0 Å². The largest absolute Gasteiger partial charge is 0.417 e. The lowest BCUT2D eigenvalue weighted by molar-refractivity contribution is -0.137. The van der Waals surface area contributed by atoms with Crippen LogP contribution in [0.3, 0.4) is 0 Å². The molecule has 0 fully saturated rings. The fourth-order valence-corrected chi connectivity index (χ4v) is 2.02. The van der Waals surface area contributed by atoms with Gasteiger partial charge < -0.3 is 10.3 Å². The van der Waals surface area contributed by atoms with Gasteiger partial charge in [-0.1, -0.05) is 18.2 Å². The smallest absolute Gasteiger partial charge is 0.330 e. The molecule has 0 aliphatic heterocycles. The van der Waals surface area contributed by atoms with Crippen molar-refractivity contribution in [3.8, 4) is 11.4 Å². The van der Waals surface area contributed by atoms with E-state index in [9.17, 15) is 13.2 Å². The van der Waals surface area contributed by atoms with E-state index < -0.39 is 11.7 Å². The number of imidazole rings is 1. The van der Waals surface area contributed by atoms with Crippen molar-refractivity contribution in [3.63, 3.8) is 0 Å². The third-order valence-corrected chi connectivity index (χ3v) is 2.96. The van der Waals surface area contributed by atoms with Crippen molar-refractivity contribution in [1.82, 2.24) is 9.55 Å². The highest BCUT2D eigenvalue weighted by atomic mass is 19.4. The van der Waals surface area contributed by atoms with Gasteiger partial charge in [0, 0.05) is 18.7 Å². The number of hydrogen-bond acceptors (Lipinski definition) is 2. The van der Waals surface area contributed by atoms with E-state index in [1.54, 1.807) is 24.6 Å². The highest BCUT2D eigenvalue weighted by Gasteiger charge is 2.34. The van der Waals surface area contributed by atoms with Crippen LogP contribution >= 0.6 is 0 Å². The molecule has 0 amide bonds. The van der Waals surface area contributed by atoms with E-state index in [2.05, 4.69) is 4.98 Å². The molecular weight excluding hydrogens is 255 g/mol. The highest BCUT2D eigenvalue weighted by molar-refractivity contribution is 5.62. The van der Waals surface area contributed by atoms with Crippen molar-refractivity contribution in [2.75, 3.05) is 0 Å². The van der Waals surface area contributed by atoms with Crippen molar-refractivity contribution < 1.29 is 13.2 Å². The first-order chi connectivity index (χ1) is 8.82. The predicted molar refractivity (Wildman–Crippen MR) is 66.2 cm³/mol. The van der Waals surface area contributed by atoms with Crippen molar-refractivity contribution in [3.05, 3.63) is 41.7 Å². The second-order valence-electron chi connectivity index (χ2n) is 4.40. The molecule has 0 aliphatic rings. The molecule has 2 N–H and O–H groups in total. The summed E-state index contributed by atoms with van der Waals surface area (Å²) in [6.45, 7) is 1.76. The van der Waals surface area contributed by atoms with Crippen molar-refractivity contribution in [1.29, 1.82) is 0 Å². The summed E-state index contributed by atoms with van der Waals surface area (Å²) in [4.78, 5) is 4.06. The topological polar surface area (TPSA) is 43.8 Å². The Bertz CT molecular complexity index is 585. The summed E-state index contributed by atoms with van der Waals surface area (Å²) < 4.78 is 40.5. The summed E-state index contributed by atoms with van der Waals surface area (Å²) in [5, 5.41) is 0. The minimum atomic E-state index is -4.41. The average Bonchev–Trinajstić information content (AvgIpc) is 2.70. The number of nitrogens with zero attached hydrogens (tertiary/aromatic N) is 2. The molecule has 1 heterocycles. The quantitative estimate of drug-likeness (QED) is 0.910. The molecule has 0 saturated heterocycles. The first-order valence-electron chi connectivity index (χ1n) is 5.76. The van der Waals surface area contributed by atoms with Crippen LogP contribution in [-0.4, -0.2) is 9.55 Å². The first kappa shape index (κ1) is 13.6. The number of alkyl halides is 3. The molecule has 1 unspecified atom stereocenters. The van der Waals surface area contributed by atoms with Crippen LogP contribution in [0.5, 0.6) is 0 Å². The van der Waals surface area contributed by atoms with Gasteiger partial charge in [-0.2, -0.15) is 13.2 Å². The summed E-state index contributed by atoms with van der Waals surface area (Å²) in [6.07, 6.45) is -2.90. The van der Waals surface area contributed by atoms with E-state index in [-0.39, 0.29) is 17.4 Å². The fraction of sp³-hybridized carbons (Fsp3) is 0.308. The summed E-state index contributed by atoms with van der Waals surface area (Å²) in [5.74, 6) is 0.264. The molecule has 6 heteroatoms. The number of benzene rings is 1. The number of halogens is 3. The lowest BCUT2D eigenvalue weighted by Gasteiger charge is -2.13. The van der Waals surface area contributed by atoms with E-state index >= 15 is 0 Å². The van der Waals surface area contributed by atoms with Crippen LogP contribution < -0.4 is 5.73 Å². The molecule has 2 rings (SSSR count). The normalized spacial score (nSPS) is 13.6. The van der Waals surface area contributed by atoms with E-state index in [0.717, 1.165) is 6.07 Å². The van der Waals surface area contributed by atoms with Gasteiger partial charge >= 0.3 is 6.18 Å². The Morgan fingerprint density at radius 1 is 1.26 bits per heavy atom. The van der Waals surface area contributed by atoms with Crippen LogP contribution in [0.25, 0.3) is 11.4 Å². The zero-order valence-corrected chi connectivity index (χ0v) is 10.6. The highest BCUT2D eigenvalue weighted by Crippen LogP contribution is 2.36. The predicted octanol–water partition coefficient (Wildman–Crippen LogP) is 3.13. The second-order valence-corrected chi connectivity index (χ2v) is 4.40.